The number of aryl methyl sites for hydroxylation is 1. The van der Waals surface area contributed by atoms with Gasteiger partial charge in [0.25, 0.3) is 0 Å². The summed E-state index contributed by atoms with van der Waals surface area (Å²) in [6.45, 7) is 5.73. The summed E-state index contributed by atoms with van der Waals surface area (Å²) in [5.41, 5.74) is 2.00. The minimum Gasteiger partial charge on any atom is -0.306 e. The van der Waals surface area contributed by atoms with Crippen LogP contribution in [0.5, 0.6) is 0 Å². The lowest BCUT2D eigenvalue weighted by atomic mass is 10.2. The molecule has 0 unspecified atom stereocenters. The predicted octanol–water partition coefficient (Wildman–Crippen LogP) is 1.35. The van der Waals surface area contributed by atoms with Gasteiger partial charge in [0.2, 0.25) is 0 Å². The van der Waals surface area contributed by atoms with Gasteiger partial charge in [-0.3, -0.25) is 4.98 Å². The molecule has 0 saturated heterocycles. The number of rotatable bonds is 2. The van der Waals surface area contributed by atoms with Crippen LogP contribution in [0, 0.1) is 18.8 Å². The van der Waals surface area contributed by atoms with Crippen molar-refractivity contribution in [2.24, 2.45) is 0 Å². The van der Waals surface area contributed by atoms with Crippen molar-refractivity contribution >= 4 is 0 Å². The molecule has 0 bridgehead atoms. The maximum absolute atomic E-state index is 4.16. The van der Waals surface area contributed by atoms with Crippen LogP contribution in [-0.2, 0) is 0 Å². The zero-order valence-electron chi connectivity index (χ0n) is 8.09. The van der Waals surface area contributed by atoms with Crippen LogP contribution in [0.25, 0.3) is 0 Å². The molecule has 2 nitrogen and oxygen atoms in total. The van der Waals surface area contributed by atoms with Gasteiger partial charge >= 0.3 is 0 Å². The van der Waals surface area contributed by atoms with E-state index in [-0.39, 0.29) is 0 Å². The molecule has 0 atom stereocenters. The molecule has 1 aromatic heterocycles. The van der Waals surface area contributed by atoms with Crippen LogP contribution < -0.4 is 5.32 Å². The lowest BCUT2D eigenvalue weighted by Gasteiger charge is -1.91. The summed E-state index contributed by atoms with van der Waals surface area (Å²) < 4.78 is 0. The Morgan fingerprint density at radius 3 is 2.92 bits per heavy atom. The van der Waals surface area contributed by atoms with Crippen molar-refractivity contribution in [1.82, 2.24) is 10.3 Å². The summed E-state index contributed by atoms with van der Waals surface area (Å²) in [5.74, 6) is 6.05. The molecule has 1 aromatic rings. The standard InChI is InChI=1S/C11H14N2/c1-3-12-8-4-5-11-7-6-10(2)13-9-11/h6-7,9,12H,3,8H2,1-2H3. The van der Waals surface area contributed by atoms with Crippen LogP contribution in [-0.4, -0.2) is 18.1 Å². The van der Waals surface area contributed by atoms with Crippen molar-refractivity contribution in [2.75, 3.05) is 13.1 Å². The van der Waals surface area contributed by atoms with E-state index in [1.807, 2.05) is 19.1 Å². The number of pyridine rings is 1. The van der Waals surface area contributed by atoms with Crippen molar-refractivity contribution in [2.45, 2.75) is 13.8 Å². The molecule has 2 heteroatoms. The van der Waals surface area contributed by atoms with Crippen LogP contribution in [0.4, 0.5) is 0 Å². The van der Waals surface area contributed by atoms with E-state index in [2.05, 4.69) is 29.1 Å². The Bertz CT molecular complexity index is 303. The predicted molar refractivity (Wildman–Crippen MR) is 54.4 cm³/mol. The van der Waals surface area contributed by atoms with Crippen LogP contribution in [0.2, 0.25) is 0 Å². The summed E-state index contributed by atoms with van der Waals surface area (Å²) in [6, 6.07) is 3.96. The SMILES string of the molecule is CCNCC#Cc1ccc(C)nc1. The van der Waals surface area contributed by atoms with E-state index in [4.69, 9.17) is 0 Å². The zero-order chi connectivity index (χ0) is 9.52. The summed E-state index contributed by atoms with van der Waals surface area (Å²) in [7, 11) is 0. The monoisotopic (exact) mass is 174 g/mol. The lowest BCUT2D eigenvalue weighted by Crippen LogP contribution is -2.11. The Balaban J connectivity index is 2.52. The molecule has 0 fully saturated rings. The van der Waals surface area contributed by atoms with E-state index in [0.29, 0.717) is 0 Å². The minimum absolute atomic E-state index is 0.740. The number of nitrogens with one attached hydrogen (secondary N) is 1. The Labute approximate surface area is 79.4 Å². The summed E-state index contributed by atoms with van der Waals surface area (Å²) in [4.78, 5) is 4.16. The van der Waals surface area contributed by atoms with Crippen molar-refractivity contribution in [3.05, 3.63) is 29.6 Å². The molecular formula is C11H14N2. The number of nitrogens with zero attached hydrogens (tertiary/aromatic N) is 1. The summed E-state index contributed by atoms with van der Waals surface area (Å²) in [6.07, 6.45) is 1.80. The normalized spacial score (nSPS) is 9.08. The maximum atomic E-state index is 4.16. The molecule has 68 valence electrons. The van der Waals surface area contributed by atoms with Gasteiger partial charge < -0.3 is 5.32 Å². The van der Waals surface area contributed by atoms with E-state index in [9.17, 15) is 0 Å². The van der Waals surface area contributed by atoms with Gasteiger partial charge in [0, 0.05) is 17.5 Å². The highest BCUT2D eigenvalue weighted by atomic mass is 14.8. The molecule has 0 spiro atoms. The first-order valence-corrected chi connectivity index (χ1v) is 4.45. The van der Waals surface area contributed by atoms with Gasteiger partial charge in [0.15, 0.2) is 0 Å². The van der Waals surface area contributed by atoms with Crippen molar-refractivity contribution in [1.29, 1.82) is 0 Å². The molecule has 0 aromatic carbocycles. The molecule has 1 N–H and O–H groups in total. The highest BCUT2D eigenvalue weighted by molar-refractivity contribution is 5.32. The lowest BCUT2D eigenvalue weighted by molar-refractivity contribution is 0.811. The molecule has 1 rings (SSSR count). The van der Waals surface area contributed by atoms with E-state index >= 15 is 0 Å². The van der Waals surface area contributed by atoms with E-state index in [1.54, 1.807) is 6.20 Å². The quantitative estimate of drug-likeness (QED) is 0.541. The fourth-order valence-corrected chi connectivity index (χ4v) is 0.876. The highest BCUT2D eigenvalue weighted by Crippen LogP contribution is 1.95. The van der Waals surface area contributed by atoms with Gasteiger partial charge in [-0.1, -0.05) is 18.8 Å². The second kappa shape index (κ2) is 5.34. The van der Waals surface area contributed by atoms with Gasteiger partial charge in [0.1, 0.15) is 0 Å². The van der Waals surface area contributed by atoms with Crippen molar-refractivity contribution < 1.29 is 0 Å². The third kappa shape index (κ3) is 3.73. The second-order valence-corrected chi connectivity index (χ2v) is 2.77. The van der Waals surface area contributed by atoms with Gasteiger partial charge in [-0.15, -0.1) is 0 Å². The highest BCUT2D eigenvalue weighted by Gasteiger charge is 1.85. The largest absolute Gasteiger partial charge is 0.306 e. The van der Waals surface area contributed by atoms with E-state index in [1.165, 1.54) is 0 Å². The van der Waals surface area contributed by atoms with E-state index < -0.39 is 0 Å². The first-order chi connectivity index (χ1) is 6.33. The molecule has 0 amide bonds. The molecule has 0 aliphatic carbocycles. The van der Waals surface area contributed by atoms with Crippen molar-refractivity contribution in [3.8, 4) is 11.8 Å². The molecule has 0 saturated carbocycles. The molecule has 0 aliphatic heterocycles. The first-order valence-electron chi connectivity index (χ1n) is 4.45. The van der Waals surface area contributed by atoms with Gasteiger partial charge in [-0.25, -0.2) is 0 Å². The van der Waals surface area contributed by atoms with Gasteiger partial charge in [0.05, 0.1) is 6.54 Å². The fourth-order valence-electron chi connectivity index (χ4n) is 0.876. The first kappa shape index (κ1) is 9.76. The third-order valence-electron chi connectivity index (χ3n) is 1.61. The maximum Gasteiger partial charge on any atom is 0.0580 e. The molecule has 0 radical (unpaired) electrons. The van der Waals surface area contributed by atoms with Gasteiger partial charge in [-0.05, 0) is 25.6 Å². The number of hydrogen-bond acceptors (Lipinski definition) is 2. The van der Waals surface area contributed by atoms with Crippen LogP contribution >= 0.6 is 0 Å². The van der Waals surface area contributed by atoms with Crippen molar-refractivity contribution in [3.63, 3.8) is 0 Å². The Morgan fingerprint density at radius 2 is 2.31 bits per heavy atom. The van der Waals surface area contributed by atoms with Gasteiger partial charge in [-0.2, -0.15) is 0 Å². The van der Waals surface area contributed by atoms with Crippen LogP contribution in [0.15, 0.2) is 18.3 Å². The number of aromatic nitrogens is 1. The Kier molecular flexibility index (Phi) is 4.01. The topological polar surface area (TPSA) is 24.9 Å². The molecule has 1 heterocycles. The minimum atomic E-state index is 0.740. The summed E-state index contributed by atoms with van der Waals surface area (Å²) in [5, 5.41) is 3.14. The smallest absolute Gasteiger partial charge is 0.0580 e. The fraction of sp³-hybridized carbons (Fsp3) is 0.364. The van der Waals surface area contributed by atoms with E-state index in [0.717, 1.165) is 24.3 Å². The molecular weight excluding hydrogens is 160 g/mol. The Morgan fingerprint density at radius 1 is 1.46 bits per heavy atom. The van der Waals surface area contributed by atoms with Crippen LogP contribution in [0.3, 0.4) is 0 Å². The average Bonchev–Trinajstić information content (AvgIpc) is 2.15. The third-order valence-corrected chi connectivity index (χ3v) is 1.61. The Hall–Kier alpha value is -1.33. The summed E-state index contributed by atoms with van der Waals surface area (Å²) >= 11 is 0. The second-order valence-electron chi connectivity index (χ2n) is 2.77. The molecule has 13 heavy (non-hydrogen) atoms. The molecule has 0 aliphatic rings. The van der Waals surface area contributed by atoms with Crippen LogP contribution in [0.1, 0.15) is 18.2 Å². The average molecular weight is 174 g/mol. The zero-order valence-corrected chi connectivity index (χ0v) is 8.09. The number of hydrogen-bond donors (Lipinski definition) is 1.